The molecule has 0 bridgehead atoms. The Morgan fingerprint density at radius 2 is 2.36 bits per heavy atom. The summed E-state index contributed by atoms with van der Waals surface area (Å²) >= 11 is 0. The number of hydrogen-bond acceptors (Lipinski definition) is 1. The molecule has 1 aliphatic heterocycles. The van der Waals surface area contributed by atoms with Gasteiger partial charge in [-0.1, -0.05) is 6.42 Å². The standard InChI is InChI=1S/C9H14N2/c1-2-5-11-9(3-1)8-4-6-10-7-8/h4,6-7,9-11H,1-3,5H2/t9-/m0/s1. The molecule has 0 unspecified atom stereocenters. The summed E-state index contributed by atoms with van der Waals surface area (Å²) in [5.41, 5.74) is 1.41. The van der Waals surface area contributed by atoms with Gasteiger partial charge in [0.15, 0.2) is 0 Å². The first-order chi connectivity index (χ1) is 5.47. The van der Waals surface area contributed by atoms with Crippen LogP contribution in [0, 0.1) is 0 Å². The third kappa shape index (κ3) is 1.46. The fourth-order valence-corrected chi connectivity index (χ4v) is 1.69. The molecular formula is C9H14N2. The summed E-state index contributed by atoms with van der Waals surface area (Å²) in [6.07, 6.45) is 8.07. The van der Waals surface area contributed by atoms with Crippen LogP contribution in [0.3, 0.4) is 0 Å². The van der Waals surface area contributed by atoms with Crippen LogP contribution in [0.15, 0.2) is 18.5 Å². The van der Waals surface area contributed by atoms with Gasteiger partial charge in [0.1, 0.15) is 0 Å². The molecule has 2 nitrogen and oxygen atoms in total. The first kappa shape index (κ1) is 6.92. The van der Waals surface area contributed by atoms with Crippen LogP contribution in [0.2, 0.25) is 0 Å². The molecule has 2 N–H and O–H groups in total. The van der Waals surface area contributed by atoms with Gasteiger partial charge in [-0.3, -0.25) is 0 Å². The van der Waals surface area contributed by atoms with E-state index in [2.05, 4.69) is 22.6 Å². The van der Waals surface area contributed by atoms with Crippen LogP contribution in [0.25, 0.3) is 0 Å². The highest BCUT2D eigenvalue weighted by Crippen LogP contribution is 2.21. The minimum absolute atomic E-state index is 0.606. The minimum Gasteiger partial charge on any atom is -0.367 e. The Labute approximate surface area is 67.0 Å². The highest BCUT2D eigenvalue weighted by molar-refractivity contribution is 5.14. The molecule has 2 rings (SSSR count). The second-order valence-electron chi connectivity index (χ2n) is 3.15. The Kier molecular flexibility index (Phi) is 1.95. The molecule has 60 valence electrons. The van der Waals surface area contributed by atoms with Crippen molar-refractivity contribution in [1.82, 2.24) is 10.3 Å². The van der Waals surface area contributed by atoms with Gasteiger partial charge in [-0.15, -0.1) is 0 Å². The second-order valence-corrected chi connectivity index (χ2v) is 3.15. The fourth-order valence-electron chi connectivity index (χ4n) is 1.69. The monoisotopic (exact) mass is 150 g/mol. The molecule has 1 aromatic heterocycles. The van der Waals surface area contributed by atoms with Crippen molar-refractivity contribution in [3.63, 3.8) is 0 Å². The lowest BCUT2D eigenvalue weighted by molar-refractivity contribution is 0.412. The maximum atomic E-state index is 3.50. The molecular weight excluding hydrogens is 136 g/mol. The first-order valence-electron chi connectivity index (χ1n) is 4.33. The van der Waals surface area contributed by atoms with Crippen LogP contribution in [-0.2, 0) is 0 Å². The van der Waals surface area contributed by atoms with E-state index in [0.29, 0.717) is 6.04 Å². The highest BCUT2D eigenvalue weighted by Gasteiger charge is 2.13. The van der Waals surface area contributed by atoms with Gasteiger partial charge in [-0.2, -0.15) is 0 Å². The number of nitrogens with one attached hydrogen (secondary N) is 2. The second kappa shape index (κ2) is 3.09. The summed E-state index contributed by atoms with van der Waals surface area (Å²) in [5, 5.41) is 3.50. The Morgan fingerprint density at radius 1 is 1.36 bits per heavy atom. The zero-order valence-electron chi connectivity index (χ0n) is 6.64. The molecule has 11 heavy (non-hydrogen) atoms. The molecule has 1 atom stereocenters. The lowest BCUT2D eigenvalue weighted by Crippen LogP contribution is -2.26. The minimum atomic E-state index is 0.606. The van der Waals surface area contributed by atoms with Crippen LogP contribution in [-0.4, -0.2) is 11.5 Å². The third-order valence-corrected chi connectivity index (χ3v) is 2.33. The molecule has 0 aliphatic carbocycles. The van der Waals surface area contributed by atoms with Crippen LogP contribution >= 0.6 is 0 Å². The number of H-pyrrole nitrogens is 1. The average molecular weight is 150 g/mol. The van der Waals surface area contributed by atoms with Gasteiger partial charge in [0.2, 0.25) is 0 Å². The predicted octanol–water partition coefficient (Wildman–Crippen LogP) is 1.83. The SMILES string of the molecule is c1cc([C@@H]2CCCCN2)c[nH]1. The van der Waals surface area contributed by atoms with Crippen LogP contribution in [0.4, 0.5) is 0 Å². The molecule has 1 aliphatic rings. The third-order valence-electron chi connectivity index (χ3n) is 2.33. The number of aromatic amines is 1. The lowest BCUT2D eigenvalue weighted by atomic mass is 10.0. The largest absolute Gasteiger partial charge is 0.367 e. The zero-order chi connectivity index (χ0) is 7.52. The number of hydrogen-bond donors (Lipinski definition) is 2. The Balaban J connectivity index is 2.04. The van der Waals surface area contributed by atoms with Crippen molar-refractivity contribution in [3.05, 3.63) is 24.0 Å². The smallest absolute Gasteiger partial charge is 0.0335 e. The first-order valence-corrected chi connectivity index (χ1v) is 4.33. The normalized spacial score (nSPS) is 25.3. The quantitative estimate of drug-likeness (QED) is 0.628. The summed E-state index contributed by atoms with van der Waals surface area (Å²) in [6, 6.07) is 2.76. The maximum Gasteiger partial charge on any atom is 0.0335 e. The van der Waals surface area contributed by atoms with Gasteiger partial charge in [0, 0.05) is 18.4 Å². The zero-order valence-corrected chi connectivity index (χ0v) is 6.64. The number of rotatable bonds is 1. The molecule has 0 radical (unpaired) electrons. The summed E-state index contributed by atoms with van der Waals surface area (Å²) in [5.74, 6) is 0. The van der Waals surface area contributed by atoms with E-state index in [0.717, 1.165) is 0 Å². The van der Waals surface area contributed by atoms with Gasteiger partial charge >= 0.3 is 0 Å². The van der Waals surface area contributed by atoms with E-state index in [1.807, 2.05) is 6.20 Å². The Hall–Kier alpha value is -0.760. The Morgan fingerprint density at radius 3 is 3.00 bits per heavy atom. The summed E-state index contributed by atoms with van der Waals surface area (Å²) in [4.78, 5) is 3.09. The van der Waals surface area contributed by atoms with E-state index in [9.17, 15) is 0 Å². The van der Waals surface area contributed by atoms with Crippen molar-refractivity contribution < 1.29 is 0 Å². The Bertz CT molecular complexity index is 197. The van der Waals surface area contributed by atoms with E-state index in [1.54, 1.807) is 0 Å². The highest BCUT2D eigenvalue weighted by atomic mass is 14.9. The molecule has 0 amide bonds. The van der Waals surface area contributed by atoms with Crippen molar-refractivity contribution in [1.29, 1.82) is 0 Å². The van der Waals surface area contributed by atoms with Crippen LogP contribution < -0.4 is 5.32 Å². The predicted molar refractivity (Wildman–Crippen MR) is 45.4 cm³/mol. The van der Waals surface area contributed by atoms with Crippen molar-refractivity contribution in [2.24, 2.45) is 0 Å². The van der Waals surface area contributed by atoms with Crippen molar-refractivity contribution in [2.45, 2.75) is 25.3 Å². The summed E-state index contributed by atoms with van der Waals surface area (Å²) in [6.45, 7) is 1.18. The maximum absolute atomic E-state index is 3.50. The van der Waals surface area contributed by atoms with Crippen LogP contribution in [0.5, 0.6) is 0 Å². The van der Waals surface area contributed by atoms with E-state index < -0.39 is 0 Å². The number of aromatic nitrogens is 1. The summed E-state index contributed by atoms with van der Waals surface area (Å²) < 4.78 is 0. The molecule has 0 saturated carbocycles. The van der Waals surface area contributed by atoms with E-state index in [-0.39, 0.29) is 0 Å². The van der Waals surface area contributed by atoms with Gasteiger partial charge < -0.3 is 10.3 Å². The van der Waals surface area contributed by atoms with E-state index in [1.165, 1.54) is 31.4 Å². The molecule has 1 fully saturated rings. The van der Waals surface area contributed by atoms with Crippen molar-refractivity contribution >= 4 is 0 Å². The van der Waals surface area contributed by atoms with Crippen molar-refractivity contribution in [2.75, 3.05) is 6.54 Å². The molecule has 1 saturated heterocycles. The van der Waals surface area contributed by atoms with Crippen LogP contribution in [0.1, 0.15) is 30.9 Å². The molecule has 1 aromatic rings. The van der Waals surface area contributed by atoms with E-state index >= 15 is 0 Å². The lowest BCUT2D eigenvalue weighted by Gasteiger charge is -2.22. The topological polar surface area (TPSA) is 27.8 Å². The van der Waals surface area contributed by atoms with Gasteiger partial charge in [0.05, 0.1) is 0 Å². The van der Waals surface area contributed by atoms with Crippen molar-refractivity contribution in [3.8, 4) is 0 Å². The van der Waals surface area contributed by atoms with E-state index in [4.69, 9.17) is 0 Å². The molecule has 0 aromatic carbocycles. The van der Waals surface area contributed by atoms with Gasteiger partial charge in [-0.05, 0) is 31.0 Å². The average Bonchev–Trinajstić information content (AvgIpc) is 2.58. The molecule has 2 heteroatoms. The summed E-state index contributed by atoms with van der Waals surface area (Å²) in [7, 11) is 0. The number of piperidine rings is 1. The van der Waals surface area contributed by atoms with Gasteiger partial charge in [0.25, 0.3) is 0 Å². The fraction of sp³-hybridized carbons (Fsp3) is 0.556. The molecule has 0 spiro atoms. The van der Waals surface area contributed by atoms with Gasteiger partial charge in [-0.25, -0.2) is 0 Å². The molecule has 2 heterocycles.